The van der Waals surface area contributed by atoms with E-state index >= 15 is 0 Å². The third-order valence-corrected chi connectivity index (χ3v) is 10.1. The second-order valence-electron chi connectivity index (χ2n) is 14.7. The molecular weight excluding hydrogens is 773 g/mol. The highest BCUT2D eigenvalue weighted by atomic mass is 32.1. The van der Waals surface area contributed by atoms with Crippen molar-refractivity contribution in [1.29, 1.82) is 0 Å². The van der Waals surface area contributed by atoms with Crippen LogP contribution in [0.5, 0.6) is 0 Å². The molecule has 1 rings (SSSR count). The van der Waals surface area contributed by atoms with Crippen LogP contribution in [0.15, 0.2) is 0 Å². The van der Waals surface area contributed by atoms with Crippen molar-refractivity contribution in [2.24, 2.45) is 0 Å². The maximum atomic E-state index is 13.7. The molecule has 1 aliphatic rings. The SMILES string of the molecule is CCCCC.CCCCC[C@@H]1OC(=O)C(C)N(C)C(=O)[C@H](CCCCC)OC(=O)CN(C)C(=O)[C@H](CCCCS)OC(=O)C(C)N(C)C(=O)COC(=O)CN(C)C1=O. The van der Waals surface area contributed by atoms with Crippen molar-refractivity contribution in [3.63, 3.8) is 0 Å². The standard InChI is InChI=1S/C36H60N4O12S.C5H12/c1-9-11-13-17-26-32(44)37(5)21-30(42)49-23-29(41)39(7)24(3)35(47)51-27(19-15-16-20-53)33(45)38(6)22-31(43)50-28(18-14-12-10-2)34(46)40(8)25(4)36(48)52-26;1-3-5-4-2/h24-28,53H,9-23H2,1-8H3;3-5H2,1-2H3/t24?,25?,26-,27-,28-;/m0./s1. The van der Waals surface area contributed by atoms with E-state index in [1.54, 1.807) is 0 Å². The third-order valence-electron chi connectivity index (χ3n) is 9.76. The van der Waals surface area contributed by atoms with Gasteiger partial charge in [0.15, 0.2) is 24.9 Å². The lowest BCUT2D eigenvalue weighted by Crippen LogP contribution is -2.50. The highest BCUT2D eigenvalue weighted by Crippen LogP contribution is 2.17. The number of nitrogens with zero attached hydrogens (tertiary/aromatic N) is 4. The van der Waals surface area contributed by atoms with Crippen LogP contribution in [-0.2, 0) is 57.3 Å². The van der Waals surface area contributed by atoms with E-state index in [0.717, 1.165) is 45.3 Å². The van der Waals surface area contributed by atoms with Gasteiger partial charge in [0.05, 0.1) is 0 Å². The lowest BCUT2D eigenvalue weighted by molar-refractivity contribution is -0.172. The molecule has 0 spiro atoms. The Labute approximate surface area is 351 Å². The van der Waals surface area contributed by atoms with E-state index in [2.05, 4.69) is 26.5 Å². The van der Waals surface area contributed by atoms with Gasteiger partial charge in [0.25, 0.3) is 23.6 Å². The molecule has 0 bridgehead atoms. The third kappa shape index (κ3) is 20.2. The van der Waals surface area contributed by atoms with Crippen LogP contribution >= 0.6 is 12.6 Å². The first-order chi connectivity index (χ1) is 27.4. The van der Waals surface area contributed by atoms with Crippen molar-refractivity contribution in [1.82, 2.24) is 19.6 Å². The quantitative estimate of drug-likeness (QED) is 0.113. The molecule has 4 amide bonds. The summed E-state index contributed by atoms with van der Waals surface area (Å²) in [6.45, 7) is 9.25. The summed E-state index contributed by atoms with van der Waals surface area (Å²) in [4.78, 5) is 110. The van der Waals surface area contributed by atoms with Gasteiger partial charge < -0.3 is 38.5 Å². The molecule has 0 saturated carbocycles. The van der Waals surface area contributed by atoms with Gasteiger partial charge in [-0.25, -0.2) is 9.59 Å². The molecule has 1 heterocycles. The molecule has 1 aliphatic heterocycles. The number of esters is 4. The minimum atomic E-state index is -1.31. The first-order valence-electron chi connectivity index (χ1n) is 20.8. The molecule has 0 aromatic carbocycles. The molecule has 5 atom stereocenters. The molecule has 1 saturated heterocycles. The number of ether oxygens (including phenoxy) is 4. The fourth-order valence-corrected chi connectivity index (χ4v) is 5.82. The van der Waals surface area contributed by atoms with Gasteiger partial charge >= 0.3 is 23.9 Å². The summed E-state index contributed by atoms with van der Waals surface area (Å²) >= 11 is 4.19. The minimum Gasteiger partial charge on any atom is -0.454 e. The van der Waals surface area contributed by atoms with Crippen LogP contribution in [0.4, 0.5) is 0 Å². The fourth-order valence-electron chi connectivity index (χ4n) is 5.60. The van der Waals surface area contributed by atoms with Crippen molar-refractivity contribution in [2.75, 3.05) is 53.6 Å². The predicted molar refractivity (Wildman–Crippen MR) is 222 cm³/mol. The number of carbonyl (C=O) groups excluding carboxylic acids is 8. The van der Waals surface area contributed by atoms with E-state index in [4.69, 9.17) is 18.9 Å². The summed E-state index contributed by atoms with van der Waals surface area (Å²) in [5.74, 6) is -5.91. The topological polar surface area (TPSA) is 186 Å². The molecule has 0 aromatic heterocycles. The van der Waals surface area contributed by atoms with Gasteiger partial charge in [0.1, 0.15) is 25.2 Å². The molecule has 16 nitrogen and oxygen atoms in total. The summed E-state index contributed by atoms with van der Waals surface area (Å²) in [7, 11) is 5.30. The monoisotopic (exact) mass is 844 g/mol. The highest BCUT2D eigenvalue weighted by Gasteiger charge is 2.36. The molecule has 58 heavy (non-hydrogen) atoms. The number of hydrogen-bond acceptors (Lipinski definition) is 13. The van der Waals surface area contributed by atoms with Crippen molar-refractivity contribution in [3.8, 4) is 0 Å². The van der Waals surface area contributed by atoms with Crippen LogP contribution in [-0.4, -0.2) is 151 Å². The molecule has 0 aromatic rings. The Hall–Kier alpha value is -3.89. The Morgan fingerprint density at radius 1 is 0.517 bits per heavy atom. The smallest absolute Gasteiger partial charge is 0.329 e. The number of likely N-dealkylation sites (N-methyl/N-ethyl adjacent to an activating group) is 4. The Balaban J connectivity index is 0.00000609. The number of unbranched alkanes of at least 4 members (excludes halogenated alkanes) is 7. The van der Waals surface area contributed by atoms with Crippen molar-refractivity contribution >= 4 is 60.1 Å². The van der Waals surface area contributed by atoms with Gasteiger partial charge in [-0.1, -0.05) is 72.6 Å². The number of amides is 4. The molecule has 1 fully saturated rings. The number of rotatable bonds is 14. The highest BCUT2D eigenvalue weighted by molar-refractivity contribution is 7.80. The van der Waals surface area contributed by atoms with Gasteiger partial charge in [-0.3, -0.25) is 28.8 Å². The van der Waals surface area contributed by atoms with Crippen molar-refractivity contribution in [3.05, 3.63) is 0 Å². The van der Waals surface area contributed by atoms with Crippen LogP contribution in [0, 0.1) is 0 Å². The Morgan fingerprint density at radius 3 is 1.33 bits per heavy atom. The normalized spacial score (nSPS) is 23.1. The van der Waals surface area contributed by atoms with Gasteiger partial charge in [-0.2, -0.15) is 12.6 Å². The maximum Gasteiger partial charge on any atom is 0.329 e. The van der Waals surface area contributed by atoms with Gasteiger partial charge in [0, 0.05) is 28.2 Å². The lowest BCUT2D eigenvalue weighted by atomic mass is 10.1. The summed E-state index contributed by atoms with van der Waals surface area (Å²) in [5.41, 5.74) is 0. The average molecular weight is 845 g/mol. The van der Waals surface area contributed by atoms with Crippen LogP contribution in [0.2, 0.25) is 0 Å². The van der Waals surface area contributed by atoms with Crippen LogP contribution in [0.3, 0.4) is 0 Å². The predicted octanol–water partition coefficient (Wildman–Crippen LogP) is 4.35. The zero-order chi connectivity index (χ0) is 44.4. The minimum absolute atomic E-state index is 0.106. The van der Waals surface area contributed by atoms with E-state index < -0.39 is 97.6 Å². The van der Waals surface area contributed by atoms with Gasteiger partial charge in [-0.15, -0.1) is 0 Å². The van der Waals surface area contributed by atoms with Crippen molar-refractivity contribution in [2.45, 2.75) is 162 Å². The number of thiol groups is 1. The summed E-state index contributed by atoms with van der Waals surface area (Å²) in [6.07, 6.45) is 5.85. The zero-order valence-corrected chi connectivity index (χ0v) is 37.6. The lowest BCUT2D eigenvalue weighted by Gasteiger charge is -2.30. The fraction of sp³-hybridized carbons (Fsp3) is 0.805. The maximum absolute atomic E-state index is 13.7. The average Bonchev–Trinajstić information content (AvgIpc) is 3.19. The van der Waals surface area contributed by atoms with E-state index in [9.17, 15) is 38.4 Å². The van der Waals surface area contributed by atoms with Crippen molar-refractivity contribution < 1.29 is 57.3 Å². The second kappa shape index (κ2) is 30.2. The summed E-state index contributed by atoms with van der Waals surface area (Å²) < 4.78 is 21.9. The summed E-state index contributed by atoms with van der Waals surface area (Å²) in [5, 5.41) is 0. The molecule has 0 aliphatic carbocycles. The molecule has 0 radical (unpaired) electrons. The molecular formula is C41H72N4O12S. The second-order valence-corrected chi connectivity index (χ2v) is 15.2. The molecule has 17 heteroatoms. The van der Waals surface area contributed by atoms with Crippen LogP contribution in [0.25, 0.3) is 0 Å². The Kier molecular flexibility index (Phi) is 28.2. The zero-order valence-electron chi connectivity index (χ0n) is 36.7. The van der Waals surface area contributed by atoms with Crippen LogP contribution < -0.4 is 0 Å². The van der Waals surface area contributed by atoms with Crippen LogP contribution in [0.1, 0.15) is 131 Å². The largest absolute Gasteiger partial charge is 0.454 e. The van der Waals surface area contributed by atoms with E-state index in [1.165, 1.54) is 61.3 Å². The number of carbonyl (C=O) groups is 8. The van der Waals surface area contributed by atoms with Gasteiger partial charge in [-0.05, 0) is 64.5 Å². The van der Waals surface area contributed by atoms with E-state index in [1.807, 2.05) is 13.8 Å². The molecule has 0 N–H and O–H groups in total. The van der Waals surface area contributed by atoms with E-state index in [0.29, 0.717) is 31.4 Å². The Morgan fingerprint density at radius 2 is 0.914 bits per heavy atom. The number of hydrogen-bond donors (Lipinski definition) is 1. The number of cyclic esters (lactones) is 4. The van der Waals surface area contributed by atoms with Gasteiger partial charge in [0.2, 0.25) is 0 Å². The first-order valence-corrected chi connectivity index (χ1v) is 21.4. The molecule has 334 valence electrons. The molecule has 2 unspecified atom stereocenters. The Bertz CT molecular complexity index is 1310. The summed E-state index contributed by atoms with van der Waals surface area (Å²) in [6, 6.07) is -2.39. The van der Waals surface area contributed by atoms with E-state index in [-0.39, 0.29) is 19.3 Å². The first kappa shape index (κ1) is 54.1.